The Morgan fingerprint density at radius 2 is 2.25 bits per heavy atom. The van der Waals surface area contributed by atoms with E-state index in [2.05, 4.69) is 33.1 Å². The maximum atomic E-state index is 5.68. The van der Waals surface area contributed by atoms with Crippen LogP contribution in [0.15, 0.2) is 28.8 Å². The monoisotopic (exact) mass is 329 g/mol. The quantitative estimate of drug-likeness (QED) is 0.671. The zero-order valence-electron chi connectivity index (χ0n) is 8.83. The van der Waals surface area contributed by atoms with Crippen LogP contribution in [0.3, 0.4) is 0 Å². The molecule has 0 radical (unpaired) electrons. The van der Waals surface area contributed by atoms with E-state index in [4.69, 9.17) is 10.3 Å². The summed E-state index contributed by atoms with van der Waals surface area (Å²) in [5, 5.41) is 7.20. The van der Waals surface area contributed by atoms with Crippen LogP contribution in [-0.2, 0) is 6.54 Å². The van der Waals surface area contributed by atoms with Gasteiger partial charge in [0, 0.05) is 21.0 Å². The lowest BCUT2D eigenvalue weighted by molar-refractivity contribution is 0.391. The van der Waals surface area contributed by atoms with Crippen LogP contribution in [-0.4, -0.2) is 5.16 Å². The highest BCUT2D eigenvalue weighted by Crippen LogP contribution is 2.21. The van der Waals surface area contributed by atoms with E-state index in [1.54, 1.807) is 0 Å². The van der Waals surface area contributed by atoms with Crippen LogP contribution in [0.25, 0.3) is 0 Å². The van der Waals surface area contributed by atoms with Crippen LogP contribution in [0, 0.1) is 10.5 Å². The van der Waals surface area contributed by atoms with Crippen molar-refractivity contribution < 1.29 is 4.52 Å². The topological polar surface area (TPSA) is 64.1 Å². The Hall–Kier alpha value is -1.24. The van der Waals surface area contributed by atoms with E-state index in [1.165, 1.54) is 0 Å². The van der Waals surface area contributed by atoms with E-state index < -0.39 is 0 Å². The molecule has 0 unspecified atom stereocenters. The van der Waals surface area contributed by atoms with E-state index in [0.717, 1.165) is 26.4 Å². The van der Waals surface area contributed by atoms with Gasteiger partial charge in [-0.05, 0) is 47.7 Å². The first-order valence-electron chi connectivity index (χ1n) is 4.86. The van der Waals surface area contributed by atoms with Crippen molar-refractivity contribution in [2.24, 2.45) is 0 Å². The Morgan fingerprint density at radius 1 is 1.44 bits per heavy atom. The molecule has 2 rings (SSSR count). The van der Waals surface area contributed by atoms with E-state index >= 15 is 0 Å². The minimum absolute atomic E-state index is 0.650. The molecule has 16 heavy (non-hydrogen) atoms. The SMILES string of the molecule is Cc1cc(CNc2ccc(N)cc2I)no1. The summed E-state index contributed by atoms with van der Waals surface area (Å²) >= 11 is 2.25. The zero-order chi connectivity index (χ0) is 11.5. The number of aromatic nitrogens is 1. The molecule has 0 atom stereocenters. The van der Waals surface area contributed by atoms with Gasteiger partial charge in [-0.2, -0.15) is 0 Å². The van der Waals surface area contributed by atoms with Gasteiger partial charge in [-0.15, -0.1) is 0 Å². The number of nitrogens with two attached hydrogens (primary N) is 1. The minimum Gasteiger partial charge on any atom is -0.399 e. The van der Waals surface area contributed by atoms with Crippen molar-refractivity contribution in [2.75, 3.05) is 11.1 Å². The van der Waals surface area contributed by atoms with Crippen LogP contribution >= 0.6 is 22.6 Å². The largest absolute Gasteiger partial charge is 0.399 e. The molecule has 5 heteroatoms. The third-order valence-corrected chi connectivity index (χ3v) is 3.02. The second-order valence-corrected chi connectivity index (χ2v) is 4.68. The van der Waals surface area contributed by atoms with Gasteiger partial charge in [-0.3, -0.25) is 0 Å². The third-order valence-electron chi connectivity index (χ3n) is 2.13. The first kappa shape index (κ1) is 11.3. The van der Waals surface area contributed by atoms with E-state index in [1.807, 2.05) is 31.2 Å². The van der Waals surface area contributed by atoms with Crippen LogP contribution in [0.5, 0.6) is 0 Å². The fourth-order valence-corrected chi connectivity index (χ4v) is 2.09. The van der Waals surface area contributed by atoms with Crippen molar-refractivity contribution in [1.82, 2.24) is 5.16 Å². The molecule has 1 heterocycles. The zero-order valence-corrected chi connectivity index (χ0v) is 11.0. The van der Waals surface area contributed by atoms with Crippen molar-refractivity contribution in [1.29, 1.82) is 0 Å². The van der Waals surface area contributed by atoms with Gasteiger partial charge in [0.05, 0.1) is 6.54 Å². The smallest absolute Gasteiger partial charge is 0.133 e. The number of nitrogens with zero attached hydrogens (tertiary/aromatic N) is 1. The van der Waals surface area contributed by atoms with Crippen molar-refractivity contribution in [3.05, 3.63) is 39.3 Å². The number of rotatable bonds is 3. The lowest BCUT2D eigenvalue weighted by Crippen LogP contribution is -2.01. The average molecular weight is 329 g/mol. The molecule has 0 bridgehead atoms. The van der Waals surface area contributed by atoms with E-state index in [-0.39, 0.29) is 0 Å². The molecule has 2 aromatic rings. The molecule has 0 saturated heterocycles. The minimum atomic E-state index is 0.650. The maximum Gasteiger partial charge on any atom is 0.133 e. The number of nitrogen functional groups attached to an aromatic ring is 1. The molecule has 1 aromatic heterocycles. The summed E-state index contributed by atoms with van der Waals surface area (Å²) < 4.78 is 6.09. The number of nitrogens with one attached hydrogen (secondary N) is 1. The van der Waals surface area contributed by atoms with Crippen molar-refractivity contribution in [3.8, 4) is 0 Å². The van der Waals surface area contributed by atoms with Crippen LogP contribution in [0.4, 0.5) is 11.4 Å². The van der Waals surface area contributed by atoms with E-state index in [9.17, 15) is 0 Å². The Labute approximate surface area is 107 Å². The predicted molar refractivity (Wildman–Crippen MR) is 72.1 cm³/mol. The Balaban J connectivity index is 2.04. The number of aryl methyl sites for hydroxylation is 1. The highest BCUT2D eigenvalue weighted by atomic mass is 127. The van der Waals surface area contributed by atoms with Crippen molar-refractivity contribution in [2.45, 2.75) is 13.5 Å². The highest BCUT2D eigenvalue weighted by Gasteiger charge is 2.02. The van der Waals surface area contributed by atoms with Gasteiger partial charge in [0.1, 0.15) is 11.5 Å². The molecule has 0 saturated carbocycles. The summed E-state index contributed by atoms with van der Waals surface area (Å²) in [6, 6.07) is 7.68. The molecule has 4 nitrogen and oxygen atoms in total. The molecule has 0 aliphatic heterocycles. The summed E-state index contributed by atoms with van der Waals surface area (Å²) in [7, 11) is 0. The normalized spacial score (nSPS) is 10.4. The Kier molecular flexibility index (Phi) is 3.33. The predicted octanol–water partition coefficient (Wildman–Crippen LogP) is 2.78. The second kappa shape index (κ2) is 4.73. The summed E-state index contributed by atoms with van der Waals surface area (Å²) in [6.45, 7) is 2.53. The first-order chi connectivity index (χ1) is 7.65. The van der Waals surface area contributed by atoms with E-state index in [0.29, 0.717) is 6.54 Å². The number of anilines is 2. The fourth-order valence-electron chi connectivity index (χ4n) is 1.36. The molecular formula is C11H12IN3O. The van der Waals surface area contributed by atoms with Gasteiger partial charge >= 0.3 is 0 Å². The first-order valence-corrected chi connectivity index (χ1v) is 5.94. The number of benzene rings is 1. The van der Waals surface area contributed by atoms with Crippen LogP contribution in [0.1, 0.15) is 11.5 Å². The molecule has 0 spiro atoms. The third kappa shape index (κ3) is 2.66. The standard InChI is InChI=1S/C11H12IN3O/c1-7-4-9(15-16-7)6-14-11-3-2-8(13)5-10(11)12/h2-5,14H,6,13H2,1H3. The summed E-state index contributed by atoms with van der Waals surface area (Å²) in [4.78, 5) is 0. The van der Waals surface area contributed by atoms with Gasteiger partial charge in [-0.1, -0.05) is 5.16 Å². The number of hydrogen-bond donors (Lipinski definition) is 2. The maximum absolute atomic E-state index is 5.68. The molecule has 0 amide bonds. The Bertz CT molecular complexity index is 496. The number of halogens is 1. The molecule has 1 aromatic carbocycles. The van der Waals surface area contributed by atoms with Gasteiger partial charge in [0.25, 0.3) is 0 Å². The molecular weight excluding hydrogens is 317 g/mol. The molecule has 0 fully saturated rings. The molecule has 0 aliphatic rings. The molecule has 84 valence electrons. The molecule has 3 N–H and O–H groups in total. The lowest BCUT2D eigenvalue weighted by atomic mass is 10.3. The lowest BCUT2D eigenvalue weighted by Gasteiger charge is -2.07. The summed E-state index contributed by atoms with van der Waals surface area (Å²) in [6.07, 6.45) is 0. The van der Waals surface area contributed by atoms with Crippen LogP contribution in [0.2, 0.25) is 0 Å². The van der Waals surface area contributed by atoms with Crippen molar-refractivity contribution in [3.63, 3.8) is 0 Å². The summed E-state index contributed by atoms with van der Waals surface area (Å²) in [5.41, 5.74) is 8.39. The Morgan fingerprint density at radius 3 is 2.88 bits per heavy atom. The van der Waals surface area contributed by atoms with Gasteiger partial charge < -0.3 is 15.6 Å². The highest BCUT2D eigenvalue weighted by molar-refractivity contribution is 14.1. The molecule has 0 aliphatic carbocycles. The summed E-state index contributed by atoms with van der Waals surface area (Å²) in [5.74, 6) is 0.823. The fraction of sp³-hybridized carbons (Fsp3) is 0.182. The van der Waals surface area contributed by atoms with Gasteiger partial charge in [-0.25, -0.2) is 0 Å². The van der Waals surface area contributed by atoms with Crippen molar-refractivity contribution >= 4 is 34.0 Å². The van der Waals surface area contributed by atoms with Gasteiger partial charge in [0.2, 0.25) is 0 Å². The number of hydrogen-bond acceptors (Lipinski definition) is 4. The van der Waals surface area contributed by atoms with Crippen LogP contribution < -0.4 is 11.1 Å². The second-order valence-electron chi connectivity index (χ2n) is 3.52. The van der Waals surface area contributed by atoms with Gasteiger partial charge in [0.15, 0.2) is 0 Å². The average Bonchev–Trinajstić information content (AvgIpc) is 2.63.